The molecule has 0 unspecified atom stereocenters. The maximum atomic E-state index is 14.1. The van der Waals surface area contributed by atoms with Crippen molar-refractivity contribution in [2.75, 3.05) is 14.2 Å². The Kier molecular flexibility index (Phi) is 10.1. The van der Waals surface area contributed by atoms with Crippen LogP contribution in [0.2, 0.25) is 10.0 Å². The van der Waals surface area contributed by atoms with Crippen LogP contribution >= 0.6 is 50.5 Å². The molecule has 8 nitrogen and oxygen atoms in total. The summed E-state index contributed by atoms with van der Waals surface area (Å²) in [5.74, 6) is 0.955. The standard InChI is InChI=1S/C33H29BrCl2N2O6S/c1-17(2)44-32(40)29-18(3)37-33-38(30(29)23-14-21(34)8-11-25(23)41-4)31(39)28(45-33)13-19-6-10-26(27(12-19)42-5)43-16-20-7-9-22(35)15-24(20)36/h6-15,17,30H,16H2,1-5H3/b28-13-/t30-/m1/s1. The summed E-state index contributed by atoms with van der Waals surface area (Å²) in [6.45, 7) is 5.50. The number of carbonyl (C=O) groups is 1. The molecule has 1 aliphatic rings. The van der Waals surface area contributed by atoms with Gasteiger partial charge in [-0.15, -0.1) is 0 Å². The maximum Gasteiger partial charge on any atom is 0.338 e. The summed E-state index contributed by atoms with van der Waals surface area (Å²) in [5.41, 5.74) is 2.52. The molecule has 0 fully saturated rings. The van der Waals surface area contributed by atoms with Gasteiger partial charge in [-0.2, -0.15) is 0 Å². The lowest BCUT2D eigenvalue weighted by Crippen LogP contribution is -2.40. The minimum absolute atomic E-state index is 0.213. The summed E-state index contributed by atoms with van der Waals surface area (Å²) in [6.07, 6.45) is 1.39. The molecule has 0 bridgehead atoms. The fourth-order valence-electron chi connectivity index (χ4n) is 4.91. The molecule has 12 heteroatoms. The zero-order valence-electron chi connectivity index (χ0n) is 25.0. The van der Waals surface area contributed by atoms with Crippen molar-refractivity contribution in [3.05, 3.63) is 117 Å². The van der Waals surface area contributed by atoms with Crippen LogP contribution in [-0.2, 0) is 16.1 Å². The third-order valence-electron chi connectivity index (χ3n) is 6.95. The van der Waals surface area contributed by atoms with Gasteiger partial charge >= 0.3 is 5.97 Å². The molecule has 3 aromatic carbocycles. The van der Waals surface area contributed by atoms with Gasteiger partial charge in [0, 0.05) is 25.6 Å². The molecule has 0 aliphatic carbocycles. The summed E-state index contributed by atoms with van der Waals surface area (Å²) in [4.78, 5) is 32.6. The number of rotatable bonds is 9. The number of fused-ring (bicyclic) bond motifs is 1. The Morgan fingerprint density at radius 3 is 2.47 bits per heavy atom. The number of methoxy groups -OCH3 is 2. The van der Waals surface area contributed by atoms with Crippen LogP contribution < -0.4 is 29.1 Å². The number of nitrogens with zero attached hydrogens (tertiary/aromatic N) is 2. The van der Waals surface area contributed by atoms with E-state index in [9.17, 15) is 9.59 Å². The van der Waals surface area contributed by atoms with Crippen LogP contribution in [-0.4, -0.2) is 30.9 Å². The van der Waals surface area contributed by atoms with Crippen LogP contribution in [0.25, 0.3) is 6.08 Å². The zero-order valence-corrected chi connectivity index (χ0v) is 28.9. The number of esters is 1. The highest BCUT2D eigenvalue weighted by Gasteiger charge is 2.35. The second kappa shape index (κ2) is 13.8. The summed E-state index contributed by atoms with van der Waals surface area (Å²) in [6, 6.07) is 15.2. The first-order chi connectivity index (χ1) is 21.5. The van der Waals surface area contributed by atoms with Crippen LogP contribution in [0.1, 0.15) is 43.5 Å². The topological polar surface area (TPSA) is 88.4 Å². The largest absolute Gasteiger partial charge is 0.496 e. The first-order valence-electron chi connectivity index (χ1n) is 13.8. The number of hydrogen-bond acceptors (Lipinski definition) is 8. The average molecular weight is 732 g/mol. The lowest BCUT2D eigenvalue weighted by molar-refractivity contribution is -0.143. The van der Waals surface area contributed by atoms with Crippen LogP contribution in [0, 0.1) is 0 Å². The van der Waals surface area contributed by atoms with E-state index in [1.54, 1.807) is 77.5 Å². The number of hydrogen-bond donors (Lipinski definition) is 0. The Balaban J connectivity index is 1.58. The maximum absolute atomic E-state index is 14.1. The summed E-state index contributed by atoms with van der Waals surface area (Å²) in [7, 11) is 3.09. The van der Waals surface area contributed by atoms with Gasteiger partial charge in [-0.1, -0.05) is 62.6 Å². The highest BCUT2D eigenvalue weighted by molar-refractivity contribution is 9.10. The van der Waals surface area contributed by atoms with Crippen LogP contribution in [0.5, 0.6) is 17.2 Å². The number of benzene rings is 3. The van der Waals surface area contributed by atoms with Crippen molar-refractivity contribution in [3.8, 4) is 17.2 Å². The molecule has 4 aromatic rings. The van der Waals surface area contributed by atoms with Crippen molar-refractivity contribution in [1.82, 2.24) is 4.57 Å². The summed E-state index contributed by atoms with van der Waals surface area (Å²) in [5, 5.41) is 1.04. The van der Waals surface area contributed by atoms with E-state index in [1.807, 2.05) is 18.2 Å². The van der Waals surface area contributed by atoms with Gasteiger partial charge in [0.1, 0.15) is 18.4 Å². The molecule has 5 rings (SSSR count). The lowest BCUT2D eigenvalue weighted by atomic mass is 9.95. The number of carbonyl (C=O) groups excluding carboxylic acids is 1. The molecule has 0 saturated heterocycles. The Morgan fingerprint density at radius 2 is 1.78 bits per heavy atom. The number of aromatic nitrogens is 1. The first kappa shape index (κ1) is 32.8. The predicted octanol–water partition coefficient (Wildman–Crippen LogP) is 6.85. The molecule has 45 heavy (non-hydrogen) atoms. The molecule has 0 amide bonds. The molecular weight excluding hydrogens is 703 g/mol. The normalized spacial score (nSPS) is 14.7. The third-order valence-corrected chi connectivity index (χ3v) is 9.02. The van der Waals surface area contributed by atoms with E-state index in [-0.39, 0.29) is 23.8 Å². The minimum Gasteiger partial charge on any atom is -0.496 e. The van der Waals surface area contributed by atoms with Crippen molar-refractivity contribution in [1.29, 1.82) is 0 Å². The van der Waals surface area contributed by atoms with E-state index in [0.29, 0.717) is 53.5 Å². The van der Waals surface area contributed by atoms with E-state index < -0.39 is 12.0 Å². The summed E-state index contributed by atoms with van der Waals surface area (Å²) < 4.78 is 25.6. The van der Waals surface area contributed by atoms with E-state index in [4.69, 9.17) is 42.1 Å². The minimum atomic E-state index is -0.827. The van der Waals surface area contributed by atoms with Gasteiger partial charge in [-0.3, -0.25) is 9.36 Å². The van der Waals surface area contributed by atoms with Gasteiger partial charge in [0.25, 0.3) is 5.56 Å². The van der Waals surface area contributed by atoms with Crippen molar-refractivity contribution in [2.24, 2.45) is 4.99 Å². The van der Waals surface area contributed by atoms with E-state index in [1.165, 1.54) is 15.9 Å². The number of allylic oxidation sites excluding steroid dienone is 1. The molecule has 0 spiro atoms. The Morgan fingerprint density at radius 1 is 1.04 bits per heavy atom. The summed E-state index contributed by atoms with van der Waals surface area (Å²) >= 11 is 17.1. The average Bonchev–Trinajstić information content (AvgIpc) is 3.29. The van der Waals surface area contributed by atoms with Gasteiger partial charge in [0.15, 0.2) is 16.3 Å². The van der Waals surface area contributed by atoms with Crippen LogP contribution in [0.4, 0.5) is 0 Å². The Bertz CT molecular complexity index is 2000. The fourth-order valence-corrected chi connectivity index (χ4v) is 6.80. The van der Waals surface area contributed by atoms with Crippen LogP contribution in [0.3, 0.4) is 0 Å². The molecule has 0 N–H and O–H groups in total. The second-order valence-electron chi connectivity index (χ2n) is 10.4. The molecule has 1 aliphatic heterocycles. The van der Waals surface area contributed by atoms with Gasteiger partial charge in [0.2, 0.25) is 0 Å². The number of thiazole rings is 1. The molecule has 234 valence electrons. The van der Waals surface area contributed by atoms with Crippen molar-refractivity contribution < 1.29 is 23.7 Å². The highest BCUT2D eigenvalue weighted by atomic mass is 79.9. The van der Waals surface area contributed by atoms with Crippen LogP contribution in [0.15, 0.2) is 80.1 Å². The van der Waals surface area contributed by atoms with Crippen molar-refractivity contribution >= 4 is 62.5 Å². The Hall–Kier alpha value is -3.57. The molecule has 1 aromatic heterocycles. The Labute approximate surface area is 282 Å². The predicted molar refractivity (Wildman–Crippen MR) is 179 cm³/mol. The number of ether oxygens (including phenoxy) is 4. The molecule has 2 heterocycles. The smallest absolute Gasteiger partial charge is 0.338 e. The highest BCUT2D eigenvalue weighted by Crippen LogP contribution is 2.37. The van der Waals surface area contributed by atoms with E-state index in [2.05, 4.69) is 20.9 Å². The first-order valence-corrected chi connectivity index (χ1v) is 16.2. The fraction of sp³-hybridized carbons (Fsp3) is 0.242. The quantitative estimate of drug-likeness (QED) is 0.175. The zero-order chi connectivity index (χ0) is 32.4. The van der Waals surface area contributed by atoms with E-state index >= 15 is 0 Å². The molecule has 0 saturated carbocycles. The second-order valence-corrected chi connectivity index (χ2v) is 13.1. The lowest BCUT2D eigenvalue weighted by Gasteiger charge is -2.26. The van der Waals surface area contributed by atoms with Crippen molar-refractivity contribution in [2.45, 2.75) is 39.5 Å². The van der Waals surface area contributed by atoms with Gasteiger partial charge < -0.3 is 18.9 Å². The van der Waals surface area contributed by atoms with Crippen molar-refractivity contribution in [3.63, 3.8) is 0 Å². The van der Waals surface area contributed by atoms with Gasteiger partial charge in [-0.25, -0.2) is 9.79 Å². The molecular formula is C33H29BrCl2N2O6S. The monoisotopic (exact) mass is 730 g/mol. The molecule has 0 radical (unpaired) electrons. The van der Waals surface area contributed by atoms with Gasteiger partial charge in [0.05, 0.1) is 36.1 Å². The third kappa shape index (κ3) is 6.99. The van der Waals surface area contributed by atoms with E-state index in [0.717, 1.165) is 10.0 Å². The molecule has 1 atom stereocenters. The van der Waals surface area contributed by atoms with Gasteiger partial charge in [-0.05, 0) is 74.9 Å². The SMILES string of the molecule is COc1cc(/C=c2\sc3n(c2=O)[C@H](c2cc(Br)ccc2OC)C(C(=O)OC(C)C)=C(C)N=3)ccc1OCc1ccc(Cl)cc1Cl. The number of halogens is 3.